The number of rotatable bonds is 5. The Morgan fingerprint density at radius 1 is 1.28 bits per heavy atom. The quantitative estimate of drug-likeness (QED) is 0.691. The molecule has 1 heterocycles. The fourth-order valence-electron chi connectivity index (χ4n) is 2.22. The molecule has 3 N–H and O–H groups in total. The number of alkyl halides is 3. The first-order valence-corrected chi connectivity index (χ1v) is 7.07. The predicted molar refractivity (Wildman–Crippen MR) is 81.3 cm³/mol. The summed E-state index contributed by atoms with van der Waals surface area (Å²) in [4.78, 5) is 35.3. The molecule has 0 atom stereocenters. The first kappa shape index (κ1) is 18.5. The normalized spacial score (nSPS) is 14.6. The topological polar surface area (TPSA) is 98.7 Å². The molecule has 2 rings (SSSR count). The van der Waals surface area contributed by atoms with Crippen LogP contribution in [0.1, 0.15) is 12.5 Å². The Kier molecular flexibility index (Phi) is 5.12. The van der Waals surface area contributed by atoms with Gasteiger partial charge in [-0.1, -0.05) is 0 Å². The van der Waals surface area contributed by atoms with Crippen LogP contribution in [-0.4, -0.2) is 40.9 Å². The number of anilines is 2. The lowest BCUT2D eigenvalue weighted by atomic mass is 10.1. The second-order valence-electron chi connectivity index (χ2n) is 5.14. The predicted octanol–water partition coefficient (Wildman–Crippen LogP) is 1.32. The molecule has 0 aliphatic carbocycles. The highest BCUT2D eigenvalue weighted by molar-refractivity contribution is 6.17. The average molecular weight is 357 g/mol. The molecule has 10 heteroatoms. The molecule has 1 aromatic carbocycles. The van der Waals surface area contributed by atoms with Crippen molar-refractivity contribution in [2.24, 2.45) is 0 Å². The Bertz CT molecular complexity index is 759. The zero-order chi connectivity index (χ0) is 18.8. The lowest BCUT2D eigenvalue weighted by molar-refractivity contribution is -0.138. The molecule has 134 valence electrons. The lowest BCUT2D eigenvalue weighted by Gasteiger charge is -2.17. The van der Waals surface area contributed by atoms with Crippen molar-refractivity contribution >= 4 is 29.1 Å². The van der Waals surface area contributed by atoms with Gasteiger partial charge >= 0.3 is 6.18 Å². The maximum atomic E-state index is 13.2. The molecule has 0 aromatic heterocycles. The molecular formula is C15H14F3N3O4. The van der Waals surface area contributed by atoms with Gasteiger partial charge in [0.05, 0.1) is 24.4 Å². The molecule has 1 aliphatic rings. The lowest BCUT2D eigenvalue weighted by Crippen LogP contribution is -2.34. The third-order valence-corrected chi connectivity index (χ3v) is 3.25. The van der Waals surface area contributed by atoms with E-state index in [9.17, 15) is 27.6 Å². The zero-order valence-electron chi connectivity index (χ0n) is 13.0. The van der Waals surface area contributed by atoms with Gasteiger partial charge in [-0.25, -0.2) is 0 Å². The van der Waals surface area contributed by atoms with Gasteiger partial charge in [-0.2, -0.15) is 13.2 Å². The van der Waals surface area contributed by atoms with E-state index in [4.69, 9.17) is 5.11 Å². The minimum Gasteiger partial charge on any atom is -0.395 e. The third kappa shape index (κ3) is 4.15. The number of hydrogen-bond donors (Lipinski definition) is 3. The smallest absolute Gasteiger partial charge is 0.395 e. The summed E-state index contributed by atoms with van der Waals surface area (Å²) in [5.41, 5.74) is -1.95. The molecule has 1 aliphatic heterocycles. The van der Waals surface area contributed by atoms with Crippen molar-refractivity contribution in [3.05, 3.63) is 35.5 Å². The van der Waals surface area contributed by atoms with Crippen molar-refractivity contribution < 1.29 is 32.7 Å². The minimum atomic E-state index is -4.76. The van der Waals surface area contributed by atoms with E-state index < -0.39 is 41.8 Å². The van der Waals surface area contributed by atoms with Crippen LogP contribution >= 0.6 is 0 Å². The first-order chi connectivity index (χ1) is 11.6. The molecule has 0 unspecified atom stereocenters. The fraction of sp³-hybridized carbons (Fsp3) is 0.267. The van der Waals surface area contributed by atoms with Gasteiger partial charge in [0.15, 0.2) is 0 Å². The number of carbonyl (C=O) groups is 3. The second-order valence-corrected chi connectivity index (χ2v) is 5.14. The number of imide groups is 1. The molecule has 0 saturated carbocycles. The van der Waals surface area contributed by atoms with Gasteiger partial charge in [0.1, 0.15) is 5.70 Å². The first-order valence-electron chi connectivity index (χ1n) is 7.07. The van der Waals surface area contributed by atoms with E-state index in [2.05, 4.69) is 10.6 Å². The van der Waals surface area contributed by atoms with Gasteiger partial charge in [0.25, 0.3) is 11.8 Å². The summed E-state index contributed by atoms with van der Waals surface area (Å²) in [7, 11) is 0. The summed E-state index contributed by atoms with van der Waals surface area (Å²) in [5.74, 6) is -2.10. The van der Waals surface area contributed by atoms with Crippen LogP contribution in [0.25, 0.3) is 0 Å². The van der Waals surface area contributed by atoms with Crippen molar-refractivity contribution in [1.29, 1.82) is 0 Å². The number of β-amino-alcohol motifs (C(OH)–C–C–N with tert-alkyl or cyclic N) is 1. The Morgan fingerprint density at radius 3 is 2.52 bits per heavy atom. The highest BCUT2D eigenvalue weighted by atomic mass is 19.4. The van der Waals surface area contributed by atoms with Crippen LogP contribution in [0.5, 0.6) is 0 Å². The van der Waals surface area contributed by atoms with Crippen molar-refractivity contribution in [1.82, 2.24) is 4.90 Å². The van der Waals surface area contributed by atoms with Gasteiger partial charge in [-0.15, -0.1) is 0 Å². The van der Waals surface area contributed by atoms with Crippen LogP contribution in [0.15, 0.2) is 30.0 Å². The fourth-order valence-corrected chi connectivity index (χ4v) is 2.22. The largest absolute Gasteiger partial charge is 0.418 e. The number of carbonyl (C=O) groups excluding carboxylic acids is 3. The Balaban J connectivity index is 2.33. The highest BCUT2D eigenvalue weighted by Gasteiger charge is 2.36. The van der Waals surface area contributed by atoms with E-state index in [1.165, 1.54) is 6.07 Å². The molecule has 0 spiro atoms. The summed E-state index contributed by atoms with van der Waals surface area (Å²) in [5, 5.41) is 13.4. The number of halogens is 3. The number of amides is 3. The van der Waals surface area contributed by atoms with Gasteiger partial charge in [0.2, 0.25) is 5.91 Å². The molecule has 0 saturated heterocycles. The van der Waals surface area contributed by atoms with E-state index in [1.54, 1.807) is 0 Å². The summed E-state index contributed by atoms with van der Waals surface area (Å²) in [6, 6.07) is 2.99. The maximum Gasteiger partial charge on any atom is 0.418 e. The summed E-state index contributed by atoms with van der Waals surface area (Å²) >= 11 is 0. The number of hydrogen-bond acceptors (Lipinski definition) is 5. The van der Waals surface area contributed by atoms with E-state index in [-0.39, 0.29) is 17.9 Å². The molecule has 0 bridgehead atoms. The van der Waals surface area contributed by atoms with Gasteiger partial charge in [-0.3, -0.25) is 19.3 Å². The molecule has 0 radical (unpaired) electrons. The van der Waals surface area contributed by atoms with Crippen LogP contribution in [0, 0.1) is 0 Å². The molecule has 3 amide bonds. The molecule has 7 nitrogen and oxygen atoms in total. The third-order valence-electron chi connectivity index (χ3n) is 3.25. The minimum absolute atomic E-state index is 0.0601. The van der Waals surface area contributed by atoms with Crippen LogP contribution in [-0.2, 0) is 20.6 Å². The van der Waals surface area contributed by atoms with Gasteiger partial charge < -0.3 is 15.7 Å². The van der Waals surface area contributed by atoms with Crippen molar-refractivity contribution in [2.75, 3.05) is 23.8 Å². The van der Waals surface area contributed by atoms with Crippen molar-refractivity contribution in [3.63, 3.8) is 0 Å². The average Bonchev–Trinajstić information content (AvgIpc) is 2.75. The number of nitrogens with one attached hydrogen (secondary N) is 2. The van der Waals surface area contributed by atoms with Crippen molar-refractivity contribution in [3.8, 4) is 0 Å². The van der Waals surface area contributed by atoms with Crippen LogP contribution in [0.3, 0.4) is 0 Å². The van der Waals surface area contributed by atoms with Crippen LogP contribution < -0.4 is 10.6 Å². The van der Waals surface area contributed by atoms with Crippen molar-refractivity contribution in [2.45, 2.75) is 13.1 Å². The number of nitrogens with zero attached hydrogens (tertiary/aromatic N) is 1. The maximum absolute atomic E-state index is 13.2. The molecule has 25 heavy (non-hydrogen) atoms. The van der Waals surface area contributed by atoms with E-state index >= 15 is 0 Å². The number of benzene rings is 1. The summed E-state index contributed by atoms with van der Waals surface area (Å²) in [6.07, 6.45) is -3.90. The molecule has 0 fully saturated rings. The number of aliphatic hydroxyl groups is 1. The Morgan fingerprint density at radius 2 is 1.96 bits per heavy atom. The van der Waals surface area contributed by atoms with Gasteiger partial charge in [0, 0.05) is 18.7 Å². The van der Waals surface area contributed by atoms with Crippen LogP contribution in [0.2, 0.25) is 0 Å². The van der Waals surface area contributed by atoms with Crippen LogP contribution in [0.4, 0.5) is 24.5 Å². The van der Waals surface area contributed by atoms with E-state index in [0.29, 0.717) is 4.90 Å². The number of aliphatic hydroxyl groups excluding tert-OH is 1. The van der Waals surface area contributed by atoms with E-state index in [1.807, 2.05) is 0 Å². The highest BCUT2D eigenvalue weighted by Crippen LogP contribution is 2.37. The summed E-state index contributed by atoms with van der Waals surface area (Å²) < 4.78 is 39.7. The molecular weight excluding hydrogens is 343 g/mol. The Labute approximate surface area is 140 Å². The molecule has 1 aromatic rings. The Hall–Kier alpha value is -2.88. The zero-order valence-corrected chi connectivity index (χ0v) is 13.0. The SMILES string of the molecule is CC(=O)Nc1ccc(NC2=CC(=O)N(CCO)C2=O)c(C(F)(F)F)c1. The van der Waals surface area contributed by atoms with Gasteiger partial charge in [-0.05, 0) is 18.2 Å². The standard InChI is InChI=1S/C15H14F3N3O4/c1-8(23)19-9-2-3-11(10(6-9)15(16,17)18)20-12-7-13(24)21(4-5-22)14(12)25/h2-3,6-7,20,22H,4-5H2,1H3,(H,19,23). The summed E-state index contributed by atoms with van der Waals surface area (Å²) in [6.45, 7) is 0.438. The van der Waals surface area contributed by atoms with E-state index in [0.717, 1.165) is 25.1 Å². The monoisotopic (exact) mass is 357 g/mol. The second kappa shape index (κ2) is 6.93.